The van der Waals surface area contributed by atoms with Crippen molar-refractivity contribution in [2.45, 2.75) is 26.4 Å². The number of fused-ring (bicyclic) bond motifs is 1. The lowest BCUT2D eigenvalue weighted by molar-refractivity contribution is 0.221. The topological polar surface area (TPSA) is 60.2 Å². The number of hydrogen-bond donors (Lipinski definition) is 1. The summed E-state index contributed by atoms with van der Waals surface area (Å²) in [5.41, 5.74) is 1.19. The SMILES string of the molecule is CC(C)CNc1nc(C2Cc3ccccc3O2)no1. The molecular formula is C14H17N3O2. The average Bonchev–Trinajstić information content (AvgIpc) is 3.02. The number of benzene rings is 1. The molecule has 0 spiro atoms. The molecule has 1 aliphatic heterocycles. The zero-order valence-corrected chi connectivity index (χ0v) is 11.1. The molecule has 1 atom stereocenters. The normalized spacial score (nSPS) is 17.3. The summed E-state index contributed by atoms with van der Waals surface area (Å²) in [5, 5.41) is 7.10. The molecule has 5 nitrogen and oxygen atoms in total. The molecule has 1 aromatic carbocycles. The molecule has 19 heavy (non-hydrogen) atoms. The van der Waals surface area contributed by atoms with Crippen molar-refractivity contribution in [2.24, 2.45) is 5.92 Å². The van der Waals surface area contributed by atoms with Crippen LogP contribution in [0.5, 0.6) is 5.75 Å². The fourth-order valence-corrected chi connectivity index (χ4v) is 2.05. The predicted octanol–water partition coefficient (Wildman–Crippen LogP) is 2.81. The Balaban J connectivity index is 1.68. The first-order valence-corrected chi connectivity index (χ1v) is 6.54. The maximum Gasteiger partial charge on any atom is 0.321 e. The van der Waals surface area contributed by atoms with Gasteiger partial charge in [0.25, 0.3) is 0 Å². The molecule has 1 aromatic heterocycles. The van der Waals surface area contributed by atoms with Crippen molar-refractivity contribution in [3.05, 3.63) is 35.7 Å². The van der Waals surface area contributed by atoms with E-state index in [9.17, 15) is 0 Å². The number of anilines is 1. The molecule has 0 amide bonds. The molecule has 3 rings (SSSR count). The molecule has 0 saturated heterocycles. The second-order valence-corrected chi connectivity index (χ2v) is 5.15. The van der Waals surface area contributed by atoms with Gasteiger partial charge in [-0.25, -0.2) is 0 Å². The van der Waals surface area contributed by atoms with Gasteiger partial charge in [-0.2, -0.15) is 4.98 Å². The van der Waals surface area contributed by atoms with Crippen LogP contribution in [-0.4, -0.2) is 16.7 Å². The van der Waals surface area contributed by atoms with Gasteiger partial charge in [-0.15, -0.1) is 0 Å². The fourth-order valence-electron chi connectivity index (χ4n) is 2.05. The Bertz CT molecular complexity index is 540. The number of para-hydroxylation sites is 1. The van der Waals surface area contributed by atoms with Crippen LogP contribution in [0.15, 0.2) is 28.8 Å². The second kappa shape index (κ2) is 4.91. The van der Waals surface area contributed by atoms with Gasteiger partial charge in [0.2, 0.25) is 5.82 Å². The van der Waals surface area contributed by atoms with Crippen LogP contribution in [0.3, 0.4) is 0 Å². The van der Waals surface area contributed by atoms with Gasteiger partial charge in [-0.1, -0.05) is 37.2 Å². The third-order valence-electron chi connectivity index (χ3n) is 3.04. The summed E-state index contributed by atoms with van der Waals surface area (Å²) >= 11 is 0. The first-order chi connectivity index (χ1) is 9.22. The van der Waals surface area contributed by atoms with Crippen LogP contribution in [0.1, 0.15) is 31.3 Å². The summed E-state index contributed by atoms with van der Waals surface area (Å²) in [4.78, 5) is 4.33. The third kappa shape index (κ3) is 2.54. The molecule has 2 heterocycles. The number of ether oxygens (including phenoxy) is 1. The van der Waals surface area contributed by atoms with Crippen molar-refractivity contribution >= 4 is 6.01 Å². The molecule has 0 fully saturated rings. The zero-order chi connectivity index (χ0) is 13.2. The molecule has 1 N–H and O–H groups in total. The molecule has 5 heteroatoms. The molecule has 2 aromatic rings. The average molecular weight is 259 g/mol. The van der Waals surface area contributed by atoms with Crippen molar-refractivity contribution in [3.63, 3.8) is 0 Å². The molecule has 0 aliphatic carbocycles. The standard InChI is InChI=1S/C14H17N3O2/c1-9(2)8-15-14-16-13(17-19-14)12-7-10-5-3-4-6-11(10)18-12/h3-6,9,12H,7-8H2,1-2H3,(H,15,16,17). The van der Waals surface area contributed by atoms with Crippen molar-refractivity contribution < 1.29 is 9.26 Å². The first-order valence-electron chi connectivity index (χ1n) is 6.54. The zero-order valence-electron chi connectivity index (χ0n) is 11.1. The van der Waals surface area contributed by atoms with Crippen molar-refractivity contribution in [1.29, 1.82) is 0 Å². The van der Waals surface area contributed by atoms with Crippen LogP contribution in [0.4, 0.5) is 6.01 Å². The quantitative estimate of drug-likeness (QED) is 0.914. The van der Waals surface area contributed by atoms with Gasteiger partial charge in [0.1, 0.15) is 5.75 Å². The van der Waals surface area contributed by atoms with Gasteiger partial charge in [-0.3, -0.25) is 0 Å². The molecular weight excluding hydrogens is 242 g/mol. The Morgan fingerprint density at radius 1 is 1.37 bits per heavy atom. The highest BCUT2D eigenvalue weighted by atomic mass is 16.5. The predicted molar refractivity (Wildman–Crippen MR) is 71.1 cm³/mol. The van der Waals surface area contributed by atoms with Gasteiger partial charge in [0.15, 0.2) is 6.10 Å². The van der Waals surface area contributed by atoms with Gasteiger partial charge in [0.05, 0.1) is 0 Å². The van der Waals surface area contributed by atoms with Gasteiger partial charge in [0, 0.05) is 13.0 Å². The Hall–Kier alpha value is -2.04. The van der Waals surface area contributed by atoms with Gasteiger partial charge >= 0.3 is 6.01 Å². The van der Waals surface area contributed by atoms with E-state index in [2.05, 4.69) is 35.4 Å². The van der Waals surface area contributed by atoms with Gasteiger partial charge in [-0.05, 0) is 17.5 Å². The summed E-state index contributed by atoms with van der Waals surface area (Å²) in [6.45, 7) is 5.06. The Labute approximate surface area is 112 Å². The van der Waals surface area contributed by atoms with Crippen molar-refractivity contribution in [1.82, 2.24) is 10.1 Å². The van der Waals surface area contributed by atoms with E-state index in [1.807, 2.05) is 18.2 Å². The summed E-state index contributed by atoms with van der Waals surface area (Å²) in [7, 11) is 0. The monoisotopic (exact) mass is 259 g/mol. The summed E-state index contributed by atoms with van der Waals surface area (Å²) in [5.74, 6) is 2.04. The maximum absolute atomic E-state index is 5.82. The largest absolute Gasteiger partial charge is 0.482 e. The van der Waals surface area contributed by atoms with E-state index in [0.717, 1.165) is 18.7 Å². The smallest absolute Gasteiger partial charge is 0.321 e. The minimum atomic E-state index is -0.143. The van der Waals surface area contributed by atoms with Crippen LogP contribution in [-0.2, 0) is 6.42 Å². The summed E-state index contributed by atoms with van der Waals surface area (Å²) < 4.78 is 11.0. The maximum atomic E-state index is 5.82. The van der Waals surface area contributed by atoms with E-state index in [1.54, 1.807) is 0 Å². The second-order valence-electron chi connectivity index (χ2n) is 5.15. The van der Waals surface area contributed by atoms with E-state index in [4.69, 9.17) is 9.26 Å². The molecule has 1 aliphatic rings. The third-order valence-corrected chi connectivity index (χ3v) is 3.04. The number of nitrogens with one attached hydrogen (secondary N) is 1. The summed E-state index contributed by atoms with van der Waals surface area (Å²) in [6, 6.07) is 8.47. The highest BCUT2D eigenvalue weighted by molar-refractivity contribution is 5.38. The number of rotatable bonds is 4. The lowest BCUT2D eigenvalue weighted by Crippen LogP contribution is -2.09. The lowest BCUT2D eigenvalue weighted by atomic mass is 10.1. The van der Waals surface area contributed by atoms with Crippen LogP contribution in [0, 0.1) is 5.92 Å². The molecule has 1 unspecified atom stereocenters. The lowest BCUT2D eigenvalue weighted by Gasteiger charge is -2.04. The highest BCUT2D eigenvalue weighted by Gasteiger charge is 2.28. The van der Waals surface area contributed by atoms with E-state index < -0.39 is 0 Å². The summed E-state index contributed by atoms with van der Waals surface area (Å²) in [6.07, 6.45) is 0.648. The van der Waals surface area contributed by atoms with E-state index >= 15 is 0 Å². The first kappa shape index (κ1) is 12.0. The van der Waals surface area contributed by atoms with E-state index in [-0.39, 0.29) is 6.10 Å². The molecule has 0 saturated carbocycles. The number of aromatic nitrogens is 2. The van der Waals surface area contributed by atoms with Crippen LogP contribution in [0.25, 0.3) is 0 Å². The van der Waals surface area contributed by atoms with Crippen LogP contribution >= 0.6 is 0 Å². The fraction of sp³-hybridized carbons (Fsp3) is 0.429. The van der Waals surface area contributed by atoms with E-state index in [0.29, 0.717) is 17.8 Å². The Morgan fingerprint density at radius 2 is 2.21 bits per heavy atom. The van der Waals surface area contributed by atoms with Crippen LogP contribution in [0.2, 0.25) is 0 Å². The number of nitrogens with zero attached hydrogens (tertiary/aromatic N) is 2. The molecule has 0 bridgehead atoms. The van der Waals surface area contributed by atoms with Crippen molar-refractivity contribution in [2.75, 3.05) is 11.9 Å². The molecule has 100 valence electrons. The molecule has 0 radical (unpaired) electrons. The Morgan fingerprint density at radius 3 is 3.00 bits per heavy atom. The van der Waals surface area contributed by atoms with Gasteiger partial charge < -0.3 is 14.6 Å². The van der Waals surface area contributed by atoms with E-state index in [1.165, 1.54) is 5.56 Å². The highest BCUT2D eigenvalue weighted by Crippen LogP contribution is 2.35. The van der Waals surface area contributed by atoms with Crippen LogP contribution < -0.4 is 10.1 Å². The van der Waals surface area contributed by atoms with Crippen molar-refractivity contribution in [3.8, 4) is 5.75 Å². The Kier molecular flexibility index (Phi) is 3.11. The number of hydrogen-bond acceptors (Lipinski definition) is 5. The minimum Gasteiger partial charge on any atom is -0.482 e. The minimum absolute atomic E-state index is 0.143.